The van der Waals surface area contributed by atoms with E-state index in [0.717, 1.165) is 3.57 Å². The molecule has 66 valence electrons. The molecular formula is C5H2BrClINO2S. The minimum absolute atomic E-state index is 0.142. The summed E-state index contributed by atoms with van der Waals surface area (Å²) in [6.45, 7) is 0. The third-order valence-corrected chi connectivity index (χ3v) is 4.44. The van der Waals surface area contributed by atoms with Crippen LogP contribution in [0.15, 0.2) is 21.8 Å². The van der Waals surface area contributed by atoms with Crippen LogP contribution in [0.2, 0.25) is 0 Å². The molecule has 0 atom stereocenters. The summed E-state index contributed by atoms with van der Waals surface area (Å²) in [6, 6.07) is 2.97. The molecule has 0 radical (unpaired) electrons. The molecule has 0 aliphatic rings. The fourth-order valence-electron chi connectivity index (χ4n) is 0.536. The highest BCUT2D eigenvalue weighted by Crippen LogP contribution is 2.20. The molecule has 0 saturated carbocycles. The molecule has 0 N–H and O–H groups in total. The molecule has 0 aliphatic heterocycles. The van der Waals surface area contributed by atoms with E-state index in [-0.39, 0.29) is 5.03 Å². The zero-order valence-corrected chi connectivity index (χ0v) is 10.8. The van der Waals surface area contributed by atoms with Gasteiger partial charge >= 0.3 is 0 Å². The summed E-state index contributed by atoms with van der Waals surface area (Å²) in [5, 5.41) is -0.142. The molecule has 0 unspecified atom stereocenters. The first-order valence-electron chi connectivity index (χ1n) is 2.68. The van der Waals surface area contributed by atoms with E-state index in [1.54, 1.807) is 6.07 Å². The standard InChI is InChI=1S/C5H2BrClINO2S/c6-5-3(8)1-2-4(9-5)12(7,10)11/h1-2H. The van der Waals surface area contributed by atoms with Gasteiger partial charge in [-0.1, -0.05) is 0 Å². The lowest BCUT2D eigenvalue weighted by molar-refractivity contribution is 0.606. The highest BCUT2D eigenvalue weighted by Gasteiger charge is 2.12. The molecule has 0 aromatic carbocycles. The highest BCUT2D eigenvalue weighted by molar-refractivity contribution is 14.1. The van der Waals surface area contributed by atoms with Crippen LogP contribution < -0.4 is 0 Å². The fraction of sp³-hybridized carbons (Fsp3) is 0. The van der Waals surface area contributed by atoms with Crippen molar-refractivity contribution in [3.8, 4) is 0 Å². The van der Waals surface area contributed by atoms with Gasteiger partial charge in [0, 0.05) is 14.3 Å². The number of pyridine rings is 1. The van der Waals surface area contributed by atoms with E-state index >= 15 is 0 Å². The lowest BCUT2D eigenvalue weighted by atomic mass is 10.5. The van der Waals surface area contributed by atoms with Crippen molar-refractivity contribution in [3.63, 3.8) is 0 Å². The maximum Gasteiger partial charge on any atom is 0.278 e. The molecular weight excluding hydrogens is 380 g/mol. The van der Waals surface area contributed by atoms with Gasteiger partial charge in [-0.05, 0) is 50.7 Å². The summed E-state index contributed by atoms with van der Waals surface area (Å²) in [5.41, 5.74) is 0. The second kappa shape index (κ2) is 3.77. The van der Waals surface area contributed by atoms with Gasteiger partial charge in [-0.2, -0.15) is 0 Å². The predicted octanol–water partition coefficient (Wildman–Crippen LogP) is 2.38. The van der Waals surface area contributed by atoms with Gasteiger partial charge in [-0.15, -0.1) is 0 Å². The van der Waals surface area contributed by atoms with Crippen molar-refractivity contribution >= 4 is 58.3 Å². The second-order valence-electron chi connectivity index (χ2n) is 1.86. The Morgan fingerprint density at radius 1 is 1.50 bits per heavy atom. The van der Waals surface area contributed by atoms with E-state index in [9.17, 15) is 8.42 Å². The van der Waals surface area contributed by atoms with Gasteiger partial charge in [0.1, 0.15) is 4.60 Å². The van der Waals surface area contributed by atoms with Gasteiger partial charge in [-0.3, -0.25) is 0 Å². The van der Waals surface area contributed by atoms with E-state index in [1.807, 2.05) is 22.6 Å². The molecule has 3 nitrogen and oxygen atoms in total. The van der Waals surface area contributed by atoms with E-state index < -0.39 is 9.05 Å². The largest absolute Gasteiger partial charge is 0.278 e. The normalized spacial score (nSPS) is 11.6. The van der Waals surface area contributed by atoms with Gasteiger partial charge in [-0.25, -0.2) is 13.4 Å². The van der Waals surface area contributed by atoms with Crippen LogP contribution in [0.5, 0.6) is 0 Å². The van der Waals surface area contributed by atoms with Crippen LogP contribution >= 0.6 is 49.2 Å². The lowest BCUT2D eigenvalue weighted by Crippen LogP contribution is -1.95. The maximum atomic E-state index is 10.8. The van der Waals surface area contributed by atoms with Crippen molar-refractivity contribution in [2.75, 3.05) is 0 Å². The van der Waals surface area contributed by atoms with Crippen LogP contribution in [0.25, 0.3) is 0 Å². The first-order valence-corrected chi connectivity index (χ1v) is 6.86. The molecule has 7 heteroatoms. The van der Waals surface area contributed by atoms with Gasteiger partial charge < -0.3 is 0 Å². The Labute approximate surface area is 96.2 Å². The van der Waals surface area contributed by atoms with Crippen molar-refractivity contribution < 1.29 is 8.42 Å². The molecule has 0 aliphatic carbocycles. The van der Waals surface area contributed by atoms with Crippen LogP contribution in [0, 0.1) is 3.57 Å². The van der Waals surface area contributed by atoms with Crippen LogP contribution in [-0.2, 0) is 9.05 Å². The molecule has 0 spiro atoms. The Morgan fingerprint density at radius 2 is 2.08 bits per heavy atom. The summed E-state index contributed by atoms with van der Waals surface area (Å²) in [7, 11) is 1.36. The number of aromatic nitrogens is 1. The van der Waals surface area contributed by atoms with Gasteiger partial charge in [0.2, 0.25) is 0 Å². The Balaban J connectivity index is 3.33. The molecule has 12 heavy (non-hydrogen) atoms. The predicted molar refractivity (Wildman–Crippen MR) is 57.7 cm³/mol. The van der Waals surface area contributed by atoms with E-state index in [2.05, 4.69) is 20.9 Å². The Morgan fingerprint density at radius 3 is 2.50 bits per heavy atom. The SMILES string of the molecule is O=S(=O)(Cl)c1ccc(I)c(Br)n1. The zero-order chi connectivity index (χ0) is 9.35. The topological polar surface area (TPSA) is 47.0 Å². The van der Waals surface area contributed by atoms with Crippen molar-refractivity contribution in [1.29, 1.82) is 0 Å². The van der Waals surface area contributed by atoms with Gasteiger partial charge in [0.15, 0.2) is 5.03 Å². The molecule has 0 saturated heterocycles. The number of hydrogen-bond donors (Lipinski definition) is 0. The number of nitrogens with zero attached hydrogens (tertiary/aromatic N) is 1. The summed E-state index contributed by atoms with van der Waals surface area (Å²) < 4.78 is 22.9. The highest BCUT2D eigenvalue weighted by atomic mass is 127. The summed E-state index contributed by atoms with van der Waals surface area (Å²) in [5.74, 6) is 0. The van der Waals surface area contributed by atoms with Crippen molar-refractivity contribution in [2.45, 2.75) is 5.03 Å². The van der Waals surface area contributed by atoms with Crippen molar-refractivity contribution in [2.24, 2.45) is 0 Å². The molecule has 1 heterocycles. The molecule has 0 fully saturated rings. The fourth-order valence-corrected chi connectivity index (χ4v) is 1.97. The third-order valence-electron chi connectivity index (χ3n) is 1.03. The number of hydrogen-bond acceptors (Lipinski definition) is 3. The van der Waals surface area contributed by atoms with Crippen molar-refractivity contribution in [3.05, 3.63) is 20.3 Å². The monoisotopic (exact) mass is 381 g/mol. The minimum atomic E-state index is -3.71. The van der Waals surface area contributed by atoms with Crippen LogP contribution in [0.1, 0.15) is 0 Å². The molecule has 0 amide bonds. The van der Waals surface area contributed by atoms with Crippen LogP contribution in [-0.4, -0.2) is 13.4 Å². The van der Waals surface area contributed by atoms with E-state index in [0.29, 0.717) is 4.60 Å². The quantitative estimate of drug-likeness (QED) is 0.426. The lowest BCUT2D eigenvalue weighted by Gasteiger charge is -1.97. The molecule has 1 rings (SSSR count). The Bertz CT molecular complexity index is 408. The van der Waals surface area contributed by atoms with Gasteiger partial charge in [0.05, 0.1) is 0 Å². The Kier molecular flexibility index (Phi) is 3.35. The first kappa shape index (κ1) is 10.7. The van der Waals surface area contributed by atoms with Crippen LogP contribution in [0.3, 0.4) is 0 Å². The molecule has 0 bridgehead atoms. The smallest absolute Gasteiger partial charge is 0.227 e. The molecule has 1 aromatic rings. The second-order valence-corrected chi connectivity index (χ2v) is 6.29. The minimum Gasteiger partial charge on any atom is -0.227 e. The van der Waals surface area contributed by atoms with E-state index in [4.69, 9.17) is 10.7 Å². The van der Waals surface area contributed by atoms with Gasteiger partial charge in [0.25, 0.3) is 9.05 Å². The average Bonchev–Trinajstić information content (AvgIpc) is 1.92. The van der Waals surface area contributed by atoms with E-state index in [1.165, 1.54) is 6.07 Å². The zero-order valence-electron chi connectivity index (χ0n) is 5.46. The van der Waals surface area contributed by atoms with Crippen molar-refractivity contribution in [1.82, 2.24) is 4.98 Å². The average molecular weight is 382 g/mol. The first-order chi connectivity index (χ1) is 5.41. The van der Waals surface area contributed by atoms with Crippen LogP contribution in [0.4, 0.5) is 0 Å². The molecule has 1 aromatic heterocycles. The Hall–Kier alpha value is 0.600. The summed E-state index contributed by atoms with van der Waals surface area (Å²) in [4.78, 5) is 3.73. The number of rotatable bonds is 1. The third kappa shape index (κ3) is 2.54. The maximum absolute atomic E-state index is 10.8. The summed E-state index contributed by atoms with van der Waals surface area (Å²) >= 11 is 5.12. The number of halogens is 3. The summed E-state index contributed by atoms with van der Waals surface area (Å²) in [6.07, 6.45) is 0.